The highest BCUT2D eigenvalue weighted by Gasteiger charge is 2.24. The Hall–Kier alpha value is -1.46. The van der Waals surface area contributed by atoms with Crippen LogP contribution in [0.5, 0.6) is 0 Å². The fourth-order valence-electron chi connectivity index (χ4n) is 1.14. The van der Waals surface area contributed by atoms with E-state index in [9.17, 15) is 15.0 Å². The molecule has 0 aromatic carbocycles. The van der Waals surface area contributed by atoms with Crippen LogP contribution in [0.3, 0.4) is 0 Å². The fraction of sp³-hybridized carbons (Fsp3) is 0.333. The second-order valence-electron chi connectivity index (χ2n) is 3.02. The highest BCUT2D eigenvalue weighted by Crippen LogP contribution is 2.19. The van der Waals surface area contributed by atoms with Gasteiger partial charge in [-0.3, -0.25) is 9.78 Å². The maximum Gasteiger partial charge on any atom is 0.249 e. The summed E-state index contributed by atoms with van der Waals surface area (Å²) in [6.07, 6.45) is 0.123. The van der Waals surface area contributed by atoms with Crippen LogP contribution in [0.15, 0.2) is 18.5 Å². The summed E-state index contributed by atoms with van der Waals surface area (Å²) in [6.45, 7) is 1.72. The van der Waals surface area contributed by atoms with Crippen molar-refractivity contribution in [2.45, 2.75) is 19.1 Å². The topological polar surface area (TPSA) is 96.4 Å². The molecule has 0 aliphatic heterocycles. The van der Waals surface area contributed by atoms with Gasteiger partial charge in [0, 0.05) is 12.4 Å². The van der Waals surface area contributed by atoms with Crippen molar-refractivity contribution in [3.8, 4) is 0 Å². The van der Waals surface area contributed by atoms with Crippen LogP contribution in [0.4, 0.5) is 0 Å². The smallest absolute Gasteiger partial charge is 0.249 e. The number of rotatable bonds is 3. The van der Waals surface area contributed by atoms with Gasteiger partial charge in [-0.25, -0.2) is 0 Å². The molecule has 0 aliphatic carbocycles. The molecule has 76 valence electrons. The Morgan fingerprint density at radius 1 is 1.57 bits per heavy atom. The van der Waals surface area contributed by atoms with Gasteiger partial charge in [0.25, 0.3) is 0 Å². The maximum absolute atomic E-state index is 10.6. The van der Waals surface area contributed by atoms with Gasteiger partial charge >= 0.3 is 0 Å². The number of pyridine rings is 1. The van der Waals surface area contributed by atoms with Crippen molar-refractivity contribution in [2.24, 2.45) is 5.73 Å². The van der Waals surface area contributed by atoms with Gasteiger partial charge in [0.1, 0.15) is 6.10 Å². The van der Waals surface area contributed by atoms with Gasteiger partial charge in [0.05, 0.1) is 0 Å². The minimum absolute atomic E-state index is 0.450. The van der Waals surface area contributed by atoms with E-state index in [0.29, 0.717) is 11.1 Å². The van der Waals surface area contributed by atoms with Crippen molar-refractivity contribution < 1.29 is 15.0 Å². The van der Waals surface area contributed by atoms with E-state index in [1.54, 1.807) is 6.92 Å². The van der Waals surface area contributed by atoms with Crippen LogP contribution in [0, 0.1) is 6.92 Å². The van der Waals surface area contributed by atoms with Gasteiger partial charge in [-0.2, -0.15) is 0 Å². The number of aromatic nitrogens is 1. The van der Waals surface area contributed by atoms with Gasteiger partial charge in [-0.15, -0.1) is 0 Å². The Kier molecular flexibility index (Phi) is 3.16. The standard InChI is InChI=1S/C9H12N2O3/c1-5-4-11-3-2-6(5)7(12)8(13)9(10)14/h2-4,7-8,12-13H,1H3,(H2,10,14). The van der Waals surface area contributed by atoms with E-state index in [4.69, 9.17) is 5.73 Å². The molecule has 4 N–H and O–H groups in total. The van der Waals surface area contributed by atoms with Gasteiger partial charge in [0.2, 0.25) is 5.91 Å². The summed E-state index contributed by atoms with van der Waals surface area (Å²) in [5, 5.41) is 18.8. The third-order valence-electron chi connectivity index (χ3n) is 1.97. The minimum Gasteiger partial charge on any atom is -0.385 e. The summed E-state index contributed by atoms with van der Waals surface area (Å²) >= 11 is 0. The molecule has 5 heteroatoms. The van der Waals surface area contributed by atoms with Crippen molar-refractivity contribution >= 4 is 5.91 Å². The number of primary amides is 1. The number of carbonyl (C=O) groups is 1. The Bertz CT molecular complexity index is 341. The first-order valence-corrected chi connectivity index (χ1v) is 4.10. The third-order valence-corrected chi connectivity index (χ3v) is 1.97. The number of hydrogen-bond acceptors (Lipinski definition) is 4. The lowest BCUT2D eigenvalue weighted by molar-refractivity contribution is -0.132. The lowest BCUT2D eigenvalue weighted by Gasteiger charge is -2.16. The normalized spacial score (nSPS) is 14.8. The van der Waals surface area contributed by atoms with Crippen LogP contribution in [-0.4, -0.2) is 27.2 Å². The predicted molar refractivity (Wildman–Crippen MR) is 49.1 cm³/mol. The number of aliphatic hydroxyl groups is 2. The van der Waals surface area contributed by atoms with E-state index in [0.717, 1.165) is 0 Å². The monoisotopic (exact) mass is 196 g/mol. The first-order valence-electron chi connectivity index (χ1n) is 4.10. The molecule has 0 radical (unpaired) electrons. The van der Waals surface area contributed by atoms with E-state index >= 15 is 0 Å². The zero-order valence-electron chi connectivity index (χ0n) is 7.71. The zero-order valence-corrected chi connectivity index (χ0v) is 7.71. The van der Waals surface area contributed by atoms with E-state index in [-0.39, 0.29) is 0 Å². The van der Waals surface area contributed by atoms with Crippen molar-refractivity contribution in [2.75, 3.05) is 0 Å². The van der Waals surface area contributed by atoms with Gasteiger partial charge in [0.15, 0.2) is 6.10 Å². The molecule has 1 aromatic rings. The highest BCUT2D eigenvalue weighted by atomic mass is 16.3. The second kappa shape index (κ2) is 4.17. The minimum atomic E-state index is -1.59. The predicted octanol–water partition coefficient (Wildman–Crippen LogP) is -0.730. The number of amides is 1. The zero-order chi connectivity index (χ0) is 10.7. The lowest BCUT2D eigenvalue weighted by Crippen LogP contribution is -2.34. The molecule has 1 aromatic heterocycles. The van der Waals surface area contributed by atoms with E-state index in [1.165, 1.54) is 18.5 Å². The highest BCUT2D eigenvalue weighted by molar-refractivity contribution is 5.79. The van der Waals surface area contributed by atoms with Crippen LogP contribution in [0.25, 0.3) is 0 Å². The molecular formula is C9H12N2O3. The van der Waals surface area contributed by atoms with Crippen LogP contribution in [0.2, 0.25) is 0 Å². The molecule has 2 unspecified atom stereocenters. The van der Waals surface area contributed by atoms with Crippen molar-refractivity contribution in [1.29, 1.82) is 0 Å². The van der Waals surface area contributed by atoms with E-state index in [2.05, 4.69) is 4.98 Å². The number of nitrogens with zero attached hydrogens (tertiary/aromatic N) is 1. The summed E-state index contributed by atoms with van der Waals surface area (Å²) in [5.74, 6) is -0.950. The van der Waals surface area contributed by atoms with Crippen LogP contribution in [0.1, 0.15) is 17.2 Å². The Balaban J connectivity index is 2.94. The van der Waals surface area contributed by atoms with Gasteiger partial charge in [-0.1, -0.05) is 0 Å². The first-order chi connectivity index (χ1) is 6.54. The van der Waals surface area contributed by atoms with Crippen molar-refractivity contribution in [3.63, 3.8) is 0 Å². The molecule has 0 aliphatic rings. The average Bonchev–Trinajstić information content (AvgIpc) is 2.16. The summed E-state index contributed by atoms with van der Waals surface area (Å²) in [6, 6.07) is 1.53. The number of hydrogen-bond donors (Lipinski definition) is 3. The molecule has 1 amide bonds. The Morgan fingerprint density at radius 2 is 2.21 bits per heavy atom. The van der Waals surface area contributed by atoms with Crippen molar-refractivity contribution in [3.05, 3.63) is 29.6 Å². The molecule has 2 atom stereocenters. The van der Waals surface area contributed by atoms with Crippen LogP contribution < -0.4 is 5.73 Å². The summed E-state index contributed by atoms with van der Waals surface area (Å²) < 4.78 is 0. The number of nitrogens with two attached hydrogens (primary N) is 1. The second-order valence-corrected chi connectivity index (χ2v) is 3.02. The average molecular weight is 196 g/mol. The quantitative estimate of drug-likeness (QED) is 0.593. The number of aliphatic hydroxyl groups excluding tert-OH is 2. The maximum atomic E-state index is 10.6. The molecular weight excluding hydrogens is 184 g/mol. The molecule has 1 heterocycles. The fourth-order valence-corrected chi connectivity index (χ4v) is 1.14. The molecule has 14 heavy (non-hydrogen) atoms. The summed E-state index contributed by atoms with van der Waals surface area (Å²) in [7, 11) is 0. The van der Waals surface area contributed by atoms with E-state index < -0.39 is 18.1 Å². The van der Waals surface area contributed by atoms with Crippen LogP contribution in [-0.2, 0) is 4.79 Å². The lowest BCUT2D eigenvalue weighted by atomic mass is 10.0. The first kappa shape index (κ1) is 10.6. The number of carbonyl (C=O) groups excluding carboxylic acids is 1. The molecule has 0 fully saturated rings. The largest absolute Gasteiger partial charge is 0.385 e. The summed E-state index contributed by atoms with van der Waals surface area (Å²) in [4.78, 5) is 14.4. The molecule has 0 bridgehead atoms. The SMILES string of the molecule is Cc1cnccc1C(O)C(O)C(N)=O. The van der Waals surface area contributed by atoms with Crippen LogP contribution >= 0.6 is 0 Å². The van der Waals surface area contributed by atoms with Crippen molar-refractivity contribution in [1.82, 2.24) is 4.98 Å². The number of aryl methyl sites for hydroxylation is 1. The molecule has 0 saturated heterocycles. The molecule has 5 nitrogen and oxygen atoms in total. The van der Waals surface area contributed by atoms with Gasteiger partial charge in [-0.05, 0) is 24.1 Å². The summed E-state index contributed by atoms with van der Waals surface area (Å²) in [5.41, 5.74) is 6.00. The van der Waals surface area contributed by atoms with Gasteiger partial charge < -0.3 is 15.9 Å². The third kappa shape index (κ3) is 2.07. The molecule has 1 rings (SSSR count). The Morgan fingerprint density at radius 3 is 2.71 bits per heavy atom. The Labute approximate surface area is 81.2 Å². The molecule has 0 spiro atoms. The molecule has 0 saturated carbocycles. The van der Waals surface area contributed by atoms with E-state index in [1.807, 2.05) is 0 Å².